The molecule has 0 aromatic carbocycles. The van der Waals surface area contributed by atoms with Crippen LogP contribution >= 0.6 is 22.9 Å². The Morgan fingerprint density at radius 3 is 2.86 bits per heavy atom. The Bertz CT molecular complexity index is 797. The number of nitrogens with one attached hydrogen (secondary N) is 1. The quantitative estimate of drug-likeness (QED) is 0.795. The van der Waals surface area contributed by atoms with Gasteiger partial charge >= 0.3 is 0 Å². The first-order valence-corrected chi connectivity index (χ1v) is 8.18. The van der Waals surface area contributed by atoms with Crippen LogP contribution in [0.2, 0.25) is 0 Å². The van der Waals surface area contributed by atoms with Crippen molar-refractivity contribution in [2.75, 3.05) is 0 Å². The van der Waals surface area contributed by atoms with E-state index in [4.69, 9.17) is 0 Å². The number of carbonyl (C=O) groups excluding carboxylic acids is 1. The van der Waals surface area contributed by atoms with Crippen LogP contribution in [-0.4, -0.2) is 25.5 Å². The highest BCUT2D eigenvalue weighted by Gasteiger charge is 2.15. The molecule has 3 heterocycles. The van der Waals surface area contributed by atoms with Gasteiger partial charge in [0.1, 0.15) is 9.88 Å². The molecule has 0 bridgehead atoms. The van der Waals surface area contributed by atoms with Crippen LogP contribution in [-0.2, 0) is 6.54 Å². The Morgan fingerprint density at radius 2 is 2.18 bits per heavy atom. The molecule has 0 atom stereocenters. The van der Waals surface area contributed by atoms with Gasteiger partial charge in [-0.15, -0.1) is 16.4 Å². The van der Waals surface area contributed by atoms with Gasteiger partial charge in [-0.3, -0.25) is 9.78 Å². The molecule has 6 nitrogen and oxygen atoms in total. The summed E-state index contributed by atoms with van der Waals surface area (Å²) in [7, 11) is 0. The van der Waals surface area contributed by atoms with Crippen LogP contribution in [0.5, 0.6) is 0 Å². The van der Waals surface area contributed by atoms with E-state index >= 15 is 0 Å². The third-order valence-electron chi connectivity index (χ3n) is 3.07. The van der Waals surface area contributed by atoms with Crippen molar-refractivity contribution in [1.82, 2.24) is 24.9 Å². The maximum atomic E-state index is 12.1. The van der Waals surface area contributed by atoms with Gasteiger partial charge in [0.25, 0.3) is 5.91 Å². The number of aryl methyl sites for hydroxylation is 2. The second-order valence-electron chi connectivity index (χ2n) is 4.64. The second-order valence-corrected chi connectivity index (χ2v) is 6.48. The van der Waals surface area contributed by atoms with Crippen molar-refractivity contribution in [3.8, 4) is 10.6 Å². The fourth-order valence-corrected chi connectivity index (χ4v) is 3.45. The fourth-order valence-electron chi connectivity index (χ4n) is 1.89. The van der Waals surface area contributed by atoms with Gasteiger partial charge < -0.3 is 5.32 Å². The van der Waals surface area contributed by atoms with Gasteiger partial charge in [-0.2, -0.15) is 0 Å². The maximum Gasteiger partial charge on any atom is 0.265 e. The highest BCUT2D eigenvalue weighted by atomic mass is 32.1. The van der Waals surface area contributed by atoms with E-state index in [2.05, 4.69) is 24.9 Å². The first-order chi connectivity index (χ1) is 10.6. The monoisotopic (exact) mass is 331 g/mol. The molecule has 0 fully saturated rings. The summed E-state index contributed by atoms with van der Waals surface area (Å²) in [6.45, 7) is 4.16. The highest BCUT2D eigenvalue weighted by Crippen LogP contribution is 2.27. The molecule has 0 saturated heterocycles. The zero-order valence-electron chi connectivity index (χ0n) is 12.0. The van der Waals surface area contributed by atoms with Crippen LogP contribution in [0.25, 0.3) is 10.6 Å². The van der Waals surface area contributed by atoms with Gasteiger partial charge in [-0.05, 0) is 37.5 Å². The van der Waals surface area contributed by atoms with Crippen molar-refractivity contribution in [3.05, 3.63) is 45.7 Å². The molecular formula is C14H13N5OS2. The Labute approximate surface area is 135 Å². The smallest absolute Gasteiger partial charge is 0.265 e. The van der Waals surface area contributed by atoms with E-state index in [-0.39, 0.29) is 5.91 Å². The number of thiazole rings is 1. The average molecular weight is 331 g/mol. The normalized spacial score (nSPS) is 10.6. The van der Waals surface area contributed by atoms with Crippen molar-refractivity contribution in [2.24, 2.45) is 0 Å². The highest BCUT2D eigenvalue weighted by molar-refractivity contribution is 7.15. The molecule has 0 aliphatic rings. The number of hydrogen-bond donors (Lipinski definition) is 1. The summed E-state index contributed by atoms with van der Waals surface area (Å²) in [5, 5.41) is 7.65. The molecule has 3 aromatic rings. The standard InChI is InChI=1S/C14H13N5OS2/c1-8-11(7-16-13(20)12-9(2)18-19-22-12)21-14(17-8)10-4-3-5-15-6-10/h3-6H,7H2,1-2H3,(H,16,20). The third kappa shape index (κ3) is 3.02. The van der Waals surface area contributed by atoms with Gasteiger partial charge in [-0.25, -0.2) is 4.98 Å². The maximum absolute atomic E-state index is 12.1. The van der Waals surface area contributed by atoms with Crippen LogP contribution in [0.15, 0.2) is 24.5 Å². The van der Waals surface area contributed by atoms with E-state index in [9.17, 15) is 4.79 Å². The van der Waals surface area contributed by atoms with Gasteiger partial charge in [0.15, 0.2) is 0 Å². The molecule has 22 heavy (non-hydrogen) atoms. The lowest BCUT2D eigenvalue weighted by Gasteiger charge is -2.01. The predicted molar refractivity (Wildman–Crippen MR) is 85.9 cm³/mol. The fraction of sp³-hybridized carbons (Fsp3) is 0.214. The third-order valence-corrected chi connectivity index (χ3v) is 5.10. The van der Waals surface area contributed by atoms with Crippen molar-refractivity contribution < 1.29 is 4.79 Å². The SMILES string of the molecule is Cc1nc(-c2cccnc2)sc1CNC(=O)c1snnc1C. The van der Waals surface area contributed by atoms with Crippen molar-refractivity contribution in [3.63, 3.8) is 0 Å². The molecule has 0 spiro atoms. The molecule has 3 rings (SSSR count). The van der Waals surface area contributed by atoms with E-state index in [1.165, 1.54) is 0 Å². The van der Waals surface area contributed by atoms with E-state index in [1.54, 1.807) is 30.7 Å². The molecule has 1 N–H and O–H groups in total. The van der Waals surface area contributed by atoms with Crippen molar-refractivity contribution in [2.45, 2.75) is 20.4 Å². The van der Waals surface area contributed by atoms with E-state index < -0.39 is 0 Å². The van der Waals surface area contributed by atoms with Gasteiger partial charge in [0.2, 0.25) is 0 Å². The minimum absolute atomic E-state index is 0.150. The lowest BCUT2D eigenvalue weighted by molar-refractivity contribution is 0.0954. The van der Waals surface area contributed by atoms with Gasteiger partial charge in [0.05, 0.1) is 17.9 Å². The molecule has 0 radical (unpaired) electrons. The first-order valence-electron chi connectivity index (χ1n) is 6.59. The Kier molecular flexibility index (Phi) is 4.21. The lowest BCUT2D eigenvalue weighted by atomic mass is 10.3. The van der Waals surface area contributed by atoms with Crippen molar-refractivity contribution >= 4 is 28.8 Å². The minimum atomic E-state index is -0.150. The number of amides is 1. The predicted octanol–water partition coefficient (Wildman–Crippen LogP) is 2.60. The summed E-state index contributed by atoms with van der Waals surface area (Å²) in [6, 6.07) is 3.85. The molecule has 0 unspecified atom stereocenters. The van der Waals surface area contributed by atoms with Crippen LogP contribution in [0.3, 0.4) is 0 Å². The zero-order chi connectivity index (χ0) is 15.5. The number of carbonyl (C=O) groups is 1. The van der Waals surface area contributed by atoms with Crippen molar-refractivity contribution in [1.29, 1.82) is 0 Å². The molecule has 8 heteroatoms. The molecule has 112 valence electrons. The average Bonchev–Trinajstić information content (AvgIpc) is 3.12. The Morgan fingerprint density at radius 1 is 1.32 bits per heavy atom. The molecule has 0 aliphatic heterocycles. The minimum Gasteiger partial charge on any atom is -0.346 e. The molecule has 3 aromatic heterocycles. The number of hydrogen-bond acceptors (Lipinski definition) is 7. The zero-order valence-corrected chi connectivity index (χ0v) is 13.7. The summed E-state index contributed by atoms with van der Waals surface area (Å²) in [4.78, 5) is 22.3. The lowest BCUT2D eigenvalue weighted by Crippen LogP contribution is -2.22. The first kappa shape index (κ1) is 14.7. The largest absolute Gasteiger partial charge is 0.346 e. The van der Waals surface area contributed by atoms with Crippen LogP contribution in [0.4, 0.5) is 0 Å². The van der Waals surface area contributed by atoms with E-state index in [0.717, 1.165) is 32.7 Å². The Balaban J connectivity index is 1.73. The number of pyridine rings is 1. The molecule has 1 amide bonds. The summed E-state index contributed by atoms with van der Waals surface area (Å²) in [6.07, 6.45) is 3.52. The van der Waals surface area contributed by atoms with Crippen LogP contribution in [0.1, 0.15) is 25.9 Å². The summed E-state index contributed by atoms with van der Waals surface area (Å²) >= 11 is 2.67. The summed E-state index contributed by atoms with van der Waals surface area (Å²) < 4.78 is 3.77. The second kappa shape index (κ2) is 6.29. The summed E-state index contributed by atoms with van der Waals surface area (Å²) in [5.74, 6) is -0.150. The molecular weight excluding hydrogens is 318 g/mol. The van der Waals surface area contributed by atoms with Crippen LogP contribution < -0.4 is 5.32 Å². The van der Waals surface area contributed by atoms with Gasteiger partial charge in [0, 0.05) is 22.8 Å². The number of nitrogens with zero attached hydrogens (tertiary/aromatic N) is 4. The summed E-state index contributed by atoms with van der Waals surface area (Å²) in [5.41, 5.74) is 2.55. The van der Waals surface area contributed by atoms with E-state index in [1.807, 2.05) is 19.1 Å². The molecule has 0 saturated carbocycles. The topological polar surface area (TPSA) is 80.7 Å². The number of rotatable bonds is 4. The van der Waals surface area contributed by atoms with Gasteiger partial charge in [-0.1, -0.05) is 4.49 Å². The molecule has 0 aliphatic carbocycles. The number of aromatic nitrogens is 4. The van der Waals surface area contributed by atoms with Crippen LogP contribution in [0, 0.1) is 13.8 Å². The van der Waals surface area contributed by atoms with E-state index in [0.29, 0.717) is 17.1 Å². The Hall–Kier alpha value is -2.19.